The molecule has 2 amide bonds. The zero-order valence-electron chi connectivity index (χ0n) is 30.2. The highest BCUT2D eigenvalue weighted by molar-refractivity contribution is 6.32. The van der Waals surface area contributed by atoms with E-state index in [0.29, 0.717) is 26.1 Å². The first-order valence-electron chi connectivity index (χ1n) is 16.8. The predicted molar refractivity (Wildman–Crippen MR) is 186 cm³/mol. The van der Waals surface area contributed by atoms with Gasteiger partial charge in [-0.2, -0.15) is 32.1 Å². The molecular formula is C35H36ClF8N9O3. The number of guanidine groups is 1. The van der Waals surface area contributed by atoms with Crippen molar-refractivity contribution >= 4 is 30.1 Å². The third-order valence-electron chi connectivity index (χ3n) is 9.01. The van der Waals surface area contributed by atoms with E-state index in [4.69, 9.17) is 27.1 Å². The Labute approximate surface area is 319 Å². The number of carbonyl (C=O) groups is 2. The first-order valence-corrected chi connectivity index (χ1v) is 17.2. The summed E-state index contributed by atoms with van der Waals surface area (Å²) in [4.78, 5) is 34.6. The molecule has 0 saturated heterocycles. The van der Waals surface area contributed by atoms with Gasteiger partial charge < -0.3 is 15.8 Å². The van der Waals surface area contributed by atoms with Gasteiger partial charge in [0.1, 0.15) is 29.3 Å². The Morgan fingerprint density at radius 2 is 1.75 bits per heavy atom. The van der Waals surface area contributed by atoms with E-state index in [1.807, 2.05) is 20.8 Å². The van der Waals surface area contributed by atoms with Crippen molar-refractivity contribution in [2.45, 2.75) is 83.2 Å². The number of carbonyl (C=O) groups excluding carboxylic acids is 2. The summed E-state index contributed by atoms with van der Waals surface area (Å²) in [5.41, 5.74) is 3.07. The number of halogens is 9. The van der Waals surface area contributed by atoms with Gasteiger partial charge in [-0.3, -0.25) is 9.69 Å². The lowest BCUT2D eigenvalue weighted by Gasteiger charge is -2.35. The van der Waals surface area contributed by atoms with Crippen LogP contribution in [0.4, 0.5) is 39.9 Å². The average Bonchev–Trinajstić information content (AvgIpc) is 3.48. The van der Waals surface area contributed by atoms with Crippen molar-refractivity contribution < 1.29 is 49.4 Å². The van der Waals surface area contributed by atoms with Gasteiger partial charge in [0.15, 0.2) is 11.8 Å². The van der Waals surface area contributed by atoms with Gasteiger partial charge >= 0.3 is 18.8 Å². The maximum absolute atomic E-state index is 15.5. The summed E-state index contributed by atoms with van der Waals surface area (Å²) in [7, 11) is 0. The van der Waals surface area contributed by atoms with Crippen molar-refractivity contribution in [2.24, 2.45) is 16.1 Å². The molecule has 12 nitrogen and oxygen atoms in total. The molecular weight excluding hydrogens is 782 g/mol. The normalized spacial score (nSPS) is 16.1. The van der Waals surface area contributed by atoms with Crippen LogP contribution in [-0.2, 0) is 15.1 Å². The van der Waals surface area contributed by atoms with Gasteiger partial charge in [0.05, 0.1) is 23.5 Å². The predicted octanol–water partition coefficient (Wildman–Crippen LogP) is 8.24. The Morgan fingerprint density at radius 1 is 1.09 bits per heavy atom. The molecule has 1 saturated carbocycles. The lowest BCUT2D eigenvalue weighted by Crippen LogP contribution is -2.49. The van der Waals surface area contributed by atoms with E-state index >= 15 is 4.39 Å². The molecule has 0 bridgehead atoms. The van der Waals surface area contributed by atoms with E-state index in [9.17, 15) is 40.3 Å². The molecule has 2 heterocycles. The number of alkyl halides is 7. The fourth-order valence-corrected chi connectivity index (χ4v) is 6.50. The highest BCUT2D eigenvalue weighted by Gasteiger charge is 2.64. The molecule has 3 N–H and O–H groups in total. The summed E-state index contributed by atoms with van der Waals surface area (Å²) in [6.45, 7) is 3.62. The highest BCUT2D eigenvalue weighted by atomic mass is 35.5. The summed E-state index contributed by atoms with van der Waals surface area (Å²) in [6, 6.07) is 6.82. The summed E-state index contributed by atoms with van der Waals surface area (Å²) in [5, 5.41) is 8.47. The third-order valence-corrected chi connectivity index (χ3v) is 9.39. The number of hydrogen-bond acceptors (Lipinski definition) is 7. The molecule has 2 atom stereocenters. The summed E-state index contributed by atoms with van der Waals surface area (Å²) in [5.74, 6) is -2.64. The molecule has 1 aliphatic carbocycles. The second kappa shape index (κ2) is 15.7. The molecule has 2 aromatic heterocycles. The number of nitrogens with two attached hydrogens (primary N) is 1. The molecule has 0 radical (unpaired) electrons. The number of aliphatic imine (C=N–C) groups is 1. The topological polar surface area (TPSA) is 146 Å². The monoisotopic (exact) mass is 817 g/mol. The number of alkyl carbamates (subject to hydrolysis) is 1. The van der Waals surface area contributed by atoms with Crippen LogP contribution in [0.2, 0.25) is 5.02 Å². The van der Waals surface area contributed by atoms with E-state index in [0.717, 1.165) is 23.4 Å². The number of ether oxygens (including phenoxy) is 1. The van der Waals surface area contributed by atoms with Crippen molar-refractivity contribution in [1.82, 2.24) is 34.8 Å². The van der Waals surface area contributed by atoms with Crippen molar-refractivity contribution in [2.75, 3.05) is 6.61 Å². The van der Waals surface area contributed by atoms with Gasteiger partial charge in [-0.1, -0.05) is 56.6 Å². The summed E-state index contributed by atoms with van der Waals surface area (Å²) in [6.07, 6.45) is -6.66. The van der Waals surface area contributed by atoms with Crippen LogP contribution in [0.1, 0.15) is 82.9 Å². The first-order chi connectivity index (χ1) is 26.1. The Kier molecular flexibility index (Phi) is 11.7. The van der Waals surface area contributed by atoms with Crippen molar-refractivity contribution in [1.29, 1.82) is 0 Å². The van der Waals surface area contributed by atoms with E-state index in [1.54, 1.807) is 36.5 Å². The number of hydrogen-bond donors (Lipinski definition) is 2. The SMILES string of the molecule is CC(C)(C)CC(C)(N=C(N)N(C=O)[C@H](COC(=O)NC1(C(F)(F)F)CC1)c1cc(F)c(Cl)c(-n2ncnc2C(F)F)c1)c1ccc(-c2cnn(C(F)F)c2)cc1. The van der Waals surface area contributed by atoms with E-state index in [1.165, 1.54) is 12.4 Å². The van der Waals surface area contributed by atoms with Crippen LogP contribution in [0.25, 0.3) is 16.8 Å². The van der Waals surface area contributed by atoms with Crippen molar-refractivity contribution in [3.8, 4) is 16.8 Å². The molecule has 4 aromatic rings. The first kappa shape index (κ1) is 41.9. The number of rotatable bonds is 13. The van der Waals surface area contributed by atoms with E-state index in [2.05, 4.69) is 15.2 Å². The van der Waals surface area contributed by atoms with Crippen LogP contribution in [0.15, 0.2) is 60.1 Å². The number of aromatic nitrogens is 5. The van der Waals surface area contributed by atoms with Crippen molar-refractivity contribution in [3.05, 3.63) is 82.9 Å². The maximum atomic E-state index is 15.5. The number of amides is 2. The largest absolute Gasteiger partial charge is 0.447 e. The van der Waals surface area contributed by atoms with Crippen LogP contribution in [0.3, 0.4) is 0 Å². The van der Waals surface area contributed by atoms with Crippen LogP contribution >= 0.6 is 11.6 Å². The van der Waals surface area contributed by atoms with Gasteiger partial charge in [0.2, 0.25) is 6.41 Å². The Balaban J connectivity index is 1.57. The van der Waals surface area contributed by atoms with Crippen LogP contribution in [0.5, 0.6) is 0 Å². The molecule has 0 spiro atoms. The molecule has 2 aromatic carbocycles. The molecule has 5 rings (SSSR count). The van der Waals surface area contributed by atoms with Crippen LogP contribution < -0.4 is 11.1 Å². The molecule has 302 valence electrons. The quantitative estimate of drug-likeness (QED) is 0.0598. The Bertz CT molecular complexity index is 2080. The zero-order valence-corrected chi connectivity index (χ0v) is 30.9. The number of nitrogens with one attached hydrogen (secondary N) is 1. The highest BCUT2D eigenvalue weighted by Crippen LogP contribution is 2.49. The van der Waals surface area contributed by atoms with Gasteiger partial charge in [-0.05, 0) is 60.4 Å². The molecule has 21 heteroatoms. The van der Waals surface area contributed by atoms with E-state index < -0.39 is 95.5 Å². The van der Waals surface area contributed by atoms with E-state index in [-0.39, 0.29) is 18.4 Å². The smallest absolute Gasteiger partial charge is 0.411 e. The molecule has 0 aliphatic heterocycles. The fourth-order valence-electron chi connectivity index (χ4n) is 6.31. The molecule has 56 heavy (non-hydrogen) atoms. The second-order valence-electron chi connectivity index (χ2n) is 14.5. The minimum atomic E-state index is -4.80. The summed E-state index contributed by atoms with van der Waals surface area (Å²) >= 11 is 6.17. The molecule has 1 fully saturated rings. The van der Waals surface area contributed by atoms with Gasteiger partial charge in [0.25, 0.3) is 6.43 Å². The third kappa shape index (κ3) is 9.05. The number of benzene rings is 2. The molecule has 1 unspecified atom stereocenters. The zero-order chi connectivity index (χ0) is 41.4. The number of nitrogens with zero attached hydrogens (tertiary/aromatic N) is 7. The maximum Gasteiger partial charge on any atom is 0.411 e. The summed E-state index contributed by atoms with van der Waals surface area (Å²) < 4.78 is 116. The second-order valence-corrected chi connectivity index (χ2v) is 14.9. The Hall–Kier alpha value is -5.27. The van der Waals surface area contributed by atoms with Gasteiger partial charge in [-0.25, -0.2) is 37.3 Å². The fraction of sp³-hybridized carbons (Fsp3) is 0.429. The van der Waals surface area contributed by atoms with Crippen molar-refractivity contribution in [3.63, 3.8) is 0 Å². The Morgan fingerprint density at radius 3 is 2.29 bits per heavy atom. The van der Waals surface area contributed by atoms with Crippen LogP contribution in [0, 0.1) is 11.2 Å². The standard InChI is InChI=1S/C35H36ClF8N9O3/c1-32(2,3)16-33(4,22-7-5-19(6-8-22)21-13-47-52(14-21)29(40)41)49-30(45)51(18-54)25(15-56-31(55)50-34(9-10-34)35(42,43)44)20-11-23(37)26(36)24(12-20)53-28(27(38)39)46-17-48-53/h5-8,11-14,17-18,25,27,29H,9-10,15-16H2,1-4H3,(H2,45,49)(H,50,55)/t25-,33?/m1/s1. The minimum Gasteiger partial charge on any atom is -0.447 e. The van der Waals surface area contributed by atoms with Gasteiger partial charge in [-0.15, -0.1) is 0 Å². The lowest BCUT2D eigenvalue weighted by molar-refractivity contribution is -0.164. The molecule has 1 aliphatic rings. The minimum absolute atomic E-state index is 0.163. The van der Waals surface area contributed by atoms with Gasteiger partial charge in [0, 0.05) is 11.8 Å². The van der Waals surface area contributed by atoms with Crippen LogP contribution in [-0.4, -0.2) is 66.2 Å². The lowest BCUT2D eigenvalue weighted by atomic mass is 9.77. The average molecular weight is 818 g/mol.